The second-order valence-corrected chi connectivity index (χ2v) is 4.96. The van der Waals surface area contributed by atoms with Gasteiger partial charge in [-0.2, -0.15) is 0 Å². The summed E-state index contributed by atoms with van der Waals surface area (Å²) in [6, 6.07) is 7.67. The van der Waals surface area contributed by atoms with Gasteiger partial charge in [-0.1, -0.05) is 12.1 Å². The maximum Gasteiger partial charge on any atom is 0.222 e. The Morgan fingerprint density at radius 1 is 1.40 bits per heavy atom. The number of methoxy groups -OCH3 is 1. The van der Waals surface area contributed by atoms with E-state index in [9.17, 15) is 9.59 Å². The fourth-order valence-corrected chi connectivity index (χ4v) is 2.26. The highest BCUT2D eigenvalue weighted by molar-refractivity contribution is 5.80. The summed E-state index contributed by atoms with van der Waals surface area (Å²) in [7, 11) is 1.63. The van der Waals surface area contributed by atoms with Crippen molar-refractivity contribution in [3.05, 3.63) is 29.8 Å². The van der Waals surface area contributed by atoms with Gasteiger partial charge in [0.15, 0.2) is 0 Å². The van der Waals surface area contributed by atoms with Crippen LogP contribution in [0, 0.1) is 0 Å². The van der Waals surface area contributed by atoms with Crippen LogP contribution in [-0.2, 0) is 16.0 Å². The van der Waals surface area contributed by atoms with Gasteiger partial charge in [-0.3, -0.25) is 9.59 Å². The van der Waals surface area contributed by atoms with Crippen LogP contribution >= 0.6 is 0 Å². The van der Waals surface area contributed by atoms with E-state index in [1.165, 1.54) is 0 Å². The molecule has 1 saturated heterocycles. The summed E-state index contributed by atoms with van der Waals surface area (Å²) in [6.07, 6.45) is 2.31. The van der Waals surface area contributed by atoms with Crippen LogP contribution in [0.5, 0.6) is 5.75 Å². The SMILES string of the molecule is COc1ccc(CCC(=O)NC2CCNC(=O)C2)cc1. The smallest absolute Gasteiger partial charge is 0.222 e. The van der Waals surface area contributed by atoms with Crippen LogP contribution in [-0.4, -0.2) is 31.5 Å². The number of carbonyl (C=O) groups is 2. The number of piperidine rings is 1. The molecule has 1 aliphatic rings. The average Bonchev–Trinajstić information content (AvgIpc) is 2.46. The predicted molar refractivity (Wildman–Crippen MR) is 75.5 cm³/mol. The molecule has 5 nitrogen and oxygen atoms in total. The second kappa shape index (κ2) is 6.93. The van der Waals surface area contributed by atoms with Crippen molar-refractivity contribution in [2.24, 2.45) is 0 Å². The lowest BCUT2D eigenvalue weighted by Gasteiger charge is -2.23. The van der Waals surface area contributed by atoms with Crippen LogP contribution in [0.1, 0.15) is 24.8 Å². The second-order valence-electron chi connectivity index (χ2n) is 4.96. The van der Waals surface area contributed by atoms with E-state index in [1.54, 1.807) is 7.11 Å². The molecule has 0 spiro atoms. The first-order valence-electron chi connectivity index (χ1n) is 6.86. The van der Waals surface area contributed by atoms with Crippen molar-refractivity contribution in [1.82, 2.24) is 10.6 Å². The minimum Gasteiger partial charge on any atom is -0.497 e. The first-order valence-corrected chi connectivity index (χ1v) is 6.86. The number of amides is 2. The number of ether oxygens (including phenoxy) is 1. The number of hydrogen-bond donors (Lipinski definition) is 2. The van der Waals surface area contributed by atoms with E-state index in [0.29, 0.717) is 25.8 Å². The molecule has 1 aromatic rings. The number of carbonyl (C=O) groups excluding carboxylic acids is 2. The lowest BCUT2D eigenvalue weighted by atomic mass is 10.1. The lowest BCUT2D eigenvalue weighted by Crippen LogP contribution is -2.45. The first-order chi connectivity index (χ1) is 9.67. The van der Waals surface area contributed by atoms with E-state index in [-0.39, 0.29) is 17.9 Å². The van der Waals surface area contributed by atoms with Crippen LogP contribution in [0.3, 0.4) is 0 Å². The van der Waals surface area contributed by atoms with Crippen LogP contribution in [0.25, 0.3) is 0 Å². The van der Waals surface area contributed by atoms with Gasteiger partial charge in [0.1, 0.15) is 5.75 Å². The molecule has 1 unspecified atom stereocenters. The minimum absolute atomic E-state index is 0.000480. The Kier molecular flexibility index (Phi) is 4.98. The quantitative estimate of drug-likeness (QED) is 0.844. The summed E-state index contributed by atoms with van der Waals surface area (Å²) in [5.74, 6) is 0.823. The fourth-order valence-electron chi connectivity index (χ4n) is 2.26. The minimum atomic E-state index is -0.0212. The number of aryl methyl sites for hydroxylation is 1. The topological polar surface area (TPSA) is 67.4 Å². The Labute approximate surface area is 118 Å². The van der Waals surface area contributed by atoms with E-state index >= 15 is 0 Å². The van der Waals surface area contributed by atoms with E-state index in [1.807, 2.05) is 24.3 Å². The van der Waals surface area contributed by atoms with Crippen molar-refractivity contribution in [2.75, 3.05) is 13.7 Å². The van der Waals surface area contributed by atoms with Gasteiger partial charge in [0.2, 0.25) is 11.8 Å². The summed E-state index contributed by atoms with van der Waals surface area (Å²) < 4.78 is 5.09. The van der Waals surface area contributed by atoms with Crippen molar-refractivity contribution in [3.63, 3.8) is 0 Å². The highest BCUT2D eigenvalue weighted by Gasteiger charge is 2.20. The van der Waals surface area contributed by atoms with Gasteiger partial charge >= 0.3 is 0 Å². The first kappa shape index (κ1) is 14.4. The zero-order chi connectivity index (χ0) is 14.4. The summed E-state index contributed by atoms with van der Waals surface area (Å²) in [6.45, 7) is 0.641. The van der Waals surface area contributed by atoms with Crippen LogP contribution in [0.2, 0.25) is 0 Å². The molecule has 0 saturated carbocycles. The molecule has 108 valence electrons. The van der Waals surface area contributed by atoms with Crippen molar-refractivity contribution < 1.29 is 14.3 Å². The summed E-state index contributed by atoms with van der Waals surface area (Å²) >= 11 is 0. The highest BCUT2D eigenvalue weighted by Crippen LogP contribution is 2.12. The molecule has 2 amide bonds. The molecule has 0 aromatic heterocycles. The Morgan fingerprint density at radius 2 is 2.15 bits per heavy atom. The van der Waals surface area contributed by atoms with Crippen molar-refractivity contribution >= 4 is 11.8 Å². The molecule has 5 heteroatoms. The van der Waals surface area contributed by atoms with Crippen LogP contribution < -0.4 is 15.4 Å². The molecular formula is C15H20N2O3. The number of nitrogens with one attached hydrogen (secondary N) is 2. The largest absolute Gasteiger partial charge is 0.497 e. The number of hydrogen-bond acceptors (Lipinski definition) is 3. The molecule has 1 aliphatic heterocycles. The molecule has 1 atom stereocenters. The molecule has 0 bridgehead atoms. The van der Waals surface area contributed by atoms with E-state index in [2.05, 4.69) is 10.6 Å². The Hall–Kier alpha value is -2.04. The maximum atomic E-state index is 11.8. The van der Waals surface area contributed by atoms with Crippen molar-refractivity contribution in [2.45, 2.75) is 31.7 Å². The molecule has 1 aromatic carbocycles. The van der Waals surface area contributed by atoms with E-state index in [0.717, 1.165) is 17.7 Å². The van der Waals surface area contributed by atoms with Gasteiger partial charge < -0.3 is 15.4 Å². The zero-order valence-electron chi connectivity index (χ0n) is 11.6. The Balaban J connectivity index is 1.75. The molecule has 2 rings (SSSR count). The monoisotopic (exact) mass is 276 g/mol. The molecule has 0 aliphatic carbocycles. The maximum absolute atomic E-state index is 11.8. The van der Waals surface area contributed by atoms with Crippen molar-refractivity contribution in [1.29, 1.82) is 0 Å². The van der Waals surface area contributed by atoms with Gasteiger partial charge in [-0.25, -0.2) is 0 Å². The summed E-state index contributed by atoms with van der Waals surface area (Å²) in [5.41, 5.74) is 1.10. The third kappa shape index (κ3) is 4.26. The molecule has 1 fully saturated rings. The van der Waals surface area contributed by atoms with E-state index < -0.39 is 0 Å². The predicted octanol–water partition coefficient (Wildman–Crippen LogP) is 1.02. The van der Waals surface area contributed by atoms with Gasteiger partial charge in [0.05, 0.1) is 7.11 Å². The van der Waals surface area contributed by atoms with Gasteiger partial charge in [0.25, 0.3) is 0 Å². The molecule has 20 heavy (non-hydrogen) atoms. The Morgan fingerprint density at radius 3 is 2.80 bits per heavy atom. The highest BCUT2D eigenvalue weighted by atomic mass is 16.5. The summed E-state index contributed by atoms with van der Waals surface area (Å²) in [4.78, 5) is 23.1. The number of rotatable bonds is 5. The third-order valence-corrected chi connectivity index (χ3v) is 3.41. The van der Waals surface area contributed by atoms with Gasteiger partial charge in [-0.15, -0.1) is 0 Å². The molecule has 1 heterocycles. The molecule has 2 N–H and O–H groups in total. The fraction of sp³-hybridized carbons (Fsp3) is 0.467. The average molecular weight is 276 g/mol. The van der Waals surface area contributed by atoms with Crippen LogP contribution in [0.4, 0.5) is 0 Å². The Bertz CT molecular complexity index is 471. The zero-order valence-corrected chi connectivity index (χ0v) is 11.6. The number of benzene rings is 1. The molecular weight excluding hydrogens is 256 g/mol. The summed E-state index contributed by atoms with van der Waals surface area (Å²) in [5, 5.41) is 5.67. The molecule has 0 radical (unpaired) electrons. The normalized spacial score (nSPS) is 18.2. The lowest BCUT2D eigenvalue weighted by molar-refractivity contribution is -0.124. The van der Waals surface area contributed by atoms with E-state index in [4.69, 9.17) is 4.74 Å². The van der Waals surface area contributed by atoms with Gasteiger partial charge in [-0.05, 0) is 30.5 Å². The van der Waals surface area contributed by atoms with Gasteiger partial charge in [0, 0.05) is 25.4 Å². The van der Waals surface area contributed by atoms with Crippen LogP contribution in [0.15, 0.2) is 24.3 Å². The third-order valence-electron chi connectivity index (χ3n) is 3.41. The van der Waals surface area contributed by atoms with Crippen molar-refractivity contribution in [3.8, 4) is 5.75 Å². The standard InChI is InChI=1S/C15H20N2O3/c1-20-13-5-2-11(3-6-13)4-7-14(18)17-12-8-9-16-15(19)10-12/h2-3,5-6,12H,4,7-10H2,1H3,(H,16,19)(H,17,18).